The average molecular weight is 609 g/mol. The minimum Gasteiger partial charge on any atom is -0.459 e. The molecule has 218 valence electrons. The molecule has 5 aromatic rings. The molecule has 2 fully saturated rings. The molecule has 0 bridgehead atoms. The van der Waals surface area contributed by atoms with E-state index in [1.54, 1.807) is 29.1 Å². The number of nitrogens with two attached hydrogens (primary N) is 1. The van der Waals surface area contributed by atoms with E-state index < -0.39 is 12.0 Å². The maximum absolute atomic E-state index is 12.9. The number of carbonyl (C=O) groups excluding carboxylic acids is 1. The van der Waals surface area contributed by atoms with E-state index in [0.717, 1.165) is 24.3 Å². The van der Waals surface area contributed by atoms with Gasteiger partial charge in [0.25, 0.3) is 5.91 Å². The number of ether oxygens (including phenoxy) is 1. The standard InChI is InChI=1S/C27H28N8O5S2/c28-24(38)21-25(32-27(35-6-5-29-26(21)35)30-15-3-1-2-4-17(15)36)31-19-11-16(33-42-19)14-13-40-22-18(37)12-20(41-23(14)22)34-7-9-39-10-8-34/h5-6,11-13,15,17,31,36H,1-4,7-10H2,(H2,28,38)(H,30,32)/t15-,17+/m1/s1. The molecule has 15 heteroatoms. The first-order chi connectivity index (χ1) is 20.5. The van der Waals surface area contributed by atoms with Crippen LogP contribution in [-0.2, 0) is 4.74 Å². The Balaban J connectivity index is 1.23. The number of aromatic nitrogens is 4. The van der Waals surface area contributed by atoms with Crippen LogP contribution in [0.5, 0.6) is 0 Å². The van der Waals surface area contributed by atoms with Gasteiger partial charge in [0.05, 0.1) is 46.3 Å². The van der Waals surface area contributed by atoms with Gasteiger partial charge in [-0.15, -0.1) is 11.3 Å². The summed E-state index contributed by atoms with van der Waals surface area (Å²) in [6, 6.07) is 3.25. The number of rotatable bonds is 7. The van der Waals surface area contributed by atoms with Crippen LogP contribution in [0.2, 0.25) is 0 Å². The normalized spacial score (nSPS) is 19.4. The Hall–Kier alpha value is -4.05. The Morgan fingerprint density at radius 2 is 2.02 bits per heavy atom. The van der Waals surface area contributed by atoms with Gasteiger partial charge in [0.1, 0.15) is 16.8 Å². The van der Waals surface area contributed by atoms with Crippen LogP contribution in [0.3, 0.4) is 0 Å². The number of carbonyl (C=O) groups is 1. The summed E-state index contributed by atoms with van der Waals surface area (Å²) in [6.07, 6.45) is 7.81. The number of furan rings is 1. The van der Waals surface area contributed by atoms with Gasteiger partial charge in [-0.05, 0) is 24.4 Å². The van der Waals surface area contributed by atoms with E-state index in [1.807, 2.05) is 6.07 Å². The van der Waals surface area contributed by atoms with Gasteiger partial charge in [0.2, 0.25) is 11.4 Å². The maximum atomic E-state index is 12.9. The molecule has 0 radical (unpaired) electrons. The van der Waals surface area contributed by atoms with Crippen LogP contribution < -0.4 is 26.7 Å². The highest BCUT2D eigenvalue weighted by Gasteiger charge is 2.27. The Kier molecular flexibility index (Phi) is 7.01. The predicted octanol–water partition coefficient (Wildman–Crippen LogP) is 3.42. The van der Waals surface area contributed by atoms with Crippen LogP contribution in [-0.4, -0.2) is 68.2 Å². The maximum Gasteiger partial charge on any atom is 0.256 e. The Morgan fingerprint density at radius 1 is 1.19 bits per heavy atom. The number of morpholine rings is 1. The number of aliphatic hydroxyl groups excluding tert-OH is 1. The highest BCUT2D eigenvalue weighted by molar-refractivity contribution is 7.22. The molecule has 2 atom stereocenters. The third kappa shape index (κ3) is 4.87. The van der Waals surface area contributed by atoms with Gasteiger partial charge in [0.15, 0.2) is 17.0 Å². The number of hydrogen-bond acceptors (Lipinski definition) is 13. The SMILES string of the molecule is NC(=O)c1c(Nc2cc(-c3coc4c(=O)cc(N5CCOCC5)sc34)ns2)nc(N[C@@H]2CCCC[C@@H]2O)n2ccnc12. The third-order valence-electron chi connectivity index (χ3n) is 7.62. The summed E-state index contributed by atoms with van der Waals surface area (Å²) in [6.45, 7) is 2.66. The van der Waals surface area contributed by atoms with E-state index in [0.29, 0.717) is 65.3 Å². The lowest BCUT2D eigenvalue weighted by molar-refractivity contribution is 0.100. The first-order valence-corrected chi connectivity index (χ1v) is 15.3. The molecule has 5 N–H and O–H groups in total. The van der Waals surface area contributed by atoms with E-state index in [9.17, 15) is 14.7 Å². The lowest BCUT2D eigenvalue weighted by atomic mass is 9.93. The van der Waals surface area contributed by atoms with Gasteiger partial charge >= 0.3 is 0 Å². The molecule has 1 amide bonds. The molecular formula is C27H28N8O5S2. The van der Waals surface area contributed by atoms with E-state index in [4.69, 9.17) is 19.9 Å². The molecule has 5 aromatic heterocycles. The predicted molar refractivity (Wildman–Crippen MR) is 161 cm³/mol. The van der Waals surface area contributed by atoms with Crippen LogP contribution in [0.15, 0.2) is 40.0 Å². The number of nitrogens with one attached hydrogen (secondary N) is 2. The van der Waals surface area contributed by atoms with E-state index in [2.05, 4.69) is 24.9 Å². The molecule has 0 spiro atoms. The summed E-state index contributed by atoms with van der Waals surface area (Å²) >= 11 is 2.66. The van der Waals surface area contributed by atoms with Crippen molar-refractivity contribution in [3.05, 3.63) is 46.6 Å². The zero-order valence-corrected chi connectivity index (χ0v) is 24.0. The highest BCUT2D eigenvalue weighted by Crippen LogP contribution is 2.38. The van der Waals surface area contributed by atoms with Crippen LogP contribution in [0, 0.1) is 0 Å². The topological polar surface area (TPSA) is 173 Å². The van der Waals surface area contributed by atoms with Crippen molar-refractivity contribution in [3.8, 4) is 11.3 Å². The molecule has 42 heavy (non-hydrogen) atoms. The third-order valence-corrected chi connectivity index (χ3v) is 9.52. The zero-order valence-electron chi connectivity index (χ0n) is 22.4. The molecule has 1 aliphatic heterocycles. The summed E-state index contributed by atoms with van der Waals surface area (Å²) in [5, 5.41) is 18.5. The molecule has 1 aliphatic carbocycles. The van der Waals surface area contributed by atoms with Crippen molar-refractivity contribution in [1.29, 1.82) is 0 Å². The van der Waals surface area contributed by atoms with Crippen LogP contribution in [0.4, 0.5) is 21.8 Å². The molecule has 7 rings (SSSR count). The second-order valence-electron chi connectivity index (χ2n) is 10.3. The number of anilines is 4. The summed E-state index contributed by atoms with van der Waals surface area (Å²) in [5.41, 5.74) is 7.68. The average Bonchev–Trinajstić information content (AvgIpc) is 3.75. The second-order valence-corrected chi connectivity index (χ2v) is 12.1. The fourth-order valence-electron chi connectivity index (χ4n) is 5.47. The Labute approximate surface area is 247 Å². The quantitative estimate of drug-likeness (QED) is 0.213. The second kappa shape index (κ2) is 11.0. The van der Waals surface area contributed by atoms with Gasteiger partial charge in [-0.3, -0.25) is 14.0 Å². The molecule has 2 aliphatic rings. The number of amides is 1. The minimum absolute atomic E-state index is 0.131. The molecular weight excluding hydrogens is 580 g/mol. The molecule has 1 saturated heterocycles. The Bertz CT molecular complexity index is 1840. The lowest BCUT2D eigenvalue weighted by Crippen LogP contribution is -2.37. The number of imidazole rings is 1. The van der Waals surface area contributed by atoms with Crippen molar-refractivity contribution in [2.45, 2.75) is 37.8 Å². The summed E-state index contributed by atoms with van der Waals surface area (Å²) in [5.74, 6) is -0.0242. The van der Waals surface area contributed by atoms with E-state index >= 15 is 0 Å². The Morgan fingerprint density at radius 3 is 2.83 bits per heavy atom. The van der Waals surface area contributed by atoms with Crippen molar-refractivity contribution in [2.24, 2.45) is 5.73 Å². The fourth-order valence-corrected chi connectivity index (χ4v) is 7.31. The van der Waals surface area contributed by atoms with Crippen molar-refractivity contribution in [1.82, 2.24) is 18.7 Å². The van der Waals surface area contributed by atoms with Crippen molar-refractivity contribution >= 4 is 66.5 Å². The summed E-state index contributed by atoms with van der Waals surface area (Å²) < 4.78 is 18.1. The molecule has 0 unspecified atom stereocenters. The van der Waals surface area contributed by atoms with Crippen molar-refractivity contribution in [2.75, 3.05) is 41.8 Å². The molecule has 1 saturated carbocycles. The zero-order chi connectivity index (χ0) is 28.8. The van der Waals surface area contributed by atoms with Gasteiger partial charge < -0.3 is 35.5 Å². The summed E-state index contributed by atoms with van der Waals surface area (Å²) in [4.78, 5) is 36.6. The lowest BCUT2D eigenvalue weighted by Gasteiger charge is -2.29. The molecule has 0 aromatic carbocycles. The van der Waals surface area contributed by atoms with Gasteiger partial charge in [-0.2, -0.15) is 9.36 Å². The first kappa shape index (κ1) is 26.8. The van der Waals surface area contributed by atoms with Gasteiger partial charge in [-0.25, -0.2) is 4.98 Å². The van der Waals surface area contributed by atoms with E-state index in [1.165, 1.54) is 22.9 Å². The number of nitrogens with zero attached hydrogens (tertiary/aromatic N) is 5. The summed E-state index contributed by atoms with van der Waals surface area (Å²) in [7, 11) is 0. The smallest absolute Gasteiger partial charge is 0.256 e. The van der Waals surface area contributed by atoms with Crippen LogP contribution >= 0.6 is 22.9 Å². The minimum atomic E-state index is -0.684. The van der Waals surface area contributed by atoms with Crippen LogP contribution in [0.1, 0.15) is 36.0 Å². The van der Waals surface area contributed by atoms with Crippen molar-refractivity contribution in [3.63, 3.8) is 0 Å². The monoisotopic (exact) mass is 608 g/mol. The first-order valence-electron chi connectivity index (χ1n) is 13.7. The fraction of sp³-hybridized carbons (Fsp3) is 0.370. The highest BCUT2D eigenvalue weighted by atomic mass is 32.1. The van der Waals surface area contributed by atoms with E-state index in [-0.39, 0.29) is 28.4 Å². The number of hydrogen-bond donors (Lipinski definition) is 4. The largest absolute Gasteiger partial charge is 0.459 e. The number of primary amides is 1. The van der Waals surface area contributed by atoms with Crippen LogP contribution in [0.25, 0.3) is 27.2 Å². The van der Waals surface area contributed by atoms with Crippen molar-refractivity contribution < 1.29 is 19.1 Å². The molecule has 6 heterocycles. The number of aliphatic hydroxyl groups is 1. The van der Waals surface area contributed by atoms with Gasteiger partial charge in [0, 0.05) is 37.6 Å². The van der Waals surface area contributed by atoms with Gasteiger partial charge in [-0.1, -0.05) is 12.8 Å². The molecule has 13 nitrogen and oxygen atoms in total. The number of fused-ring (bicyclic) bond motifs is 2.